The van der Waals surface area contributed by atoms with Gasteiger partial charge in [0.15, 0.2) is 0 Å². The minimum Gasteiger partial charge on any atom is -0.386 e. The molecule has 0 saturated carbocycles. The summed E-state index contributed by atoms with van der Waals surface area (Å²) in [6, 6.07) is 2.02. The SMILES string of the molecule is CC(C)C1(/C(=C/C(=O)OC(=O)/C2=C/CCCCCCCCCC2)C(=O)OC(=O)/C2=C/CCCCCCCCCC2)CC[Si](C)(C)CC1. The summed E-state index contributed by atoms with van der Waals surface area (Å²) in [6.45, 7) is 8.87. The first-order chi connectivity index (χ1) is 22.5. The van der Waals surface area contributed by atoms with Crippen molar-refractivity contribution in [3.05, 3.63) is 34.9 Å². The van der Waals surface area contributed by atoms with E-state index in [0.717, 1.165) is 102 Å². The fourth-order valence-corrected chi connectivity index (χ4v) is 10.1. The number of esters is 4. The lowest BCUT2D eigenvalue weighted by Crippen LogP contribution is -2.43. The van der Waals surface area contributed by atoms with Crippen LogP contribution in [0.2, 0.25) is 25.2 Å². The van der Waals surface area contributed by atoms with Crippen molar-refractivity contribution in [1.29, 1.82) is 0 Å². The number of hydrogen-bond acceptors (Lipinski definition) is 6. The topological polar surface area (TPSA) is 86.7 Å². The molecule has 0 spiro atoms. The predicted molar refractivity (Wildman–Crippen MR) is 192 cm³/mol. The van der Waals surface area contributed by atoms with Crippen molar-refractivity contribution < 1.29 is 28.7 Å². The highest BCUT2D eigenvalue weighted by molar-refractivity contribution is 6.77. The summed E-state index contributed by atoms with van der Waals surface area (Å²) in [5.41, 5.74) is 0.658. The lowest BCUT2D eigenvalue weighted by atomic mass is 9.67. The third kappa shape index (κ3) is 13.3. The second kappa shape index (κ2) is 20.3. The van der Waals surface area contributed by atoms with E-state index in [1.807, 2.05) is 12.2 Å². The van der Waals surface area contributed by atoms with Gasteiger partial charge in [0, 0.05) is 30.7 Å². The molecule has 0 radical (unpaired) electrons. The smallest absolute Gasteiger partial charge is 0.342 e. The monoisotopic (exact) mass is 668 g/mol. The van der Waals surface area contributed by atoms with Crippen molar-refractivity contribution in [3.8, 4) is 0 Å². The van der Waals surface area contributed by atoms with E-state index in [0.29, 0.717) is 24.0 Å². The maximum atomic E-state index is 14.1. The standard InChI is InChI=1S/C40H64O6Si/c1-32(2)40(27-29-47(3,4)30-28-40)35(39(44)46-38(43)34-25-21-17-13-9-6-10-14-18-22-26-34)31-36(41)45-37(42)33-23-19-15-11-7-5-8-12-16-20-24-33/h23,25,31-32H,5-22,24,26-30H2,1-4H3/b33-23+,34-25+,35-31+. The first kappa shape index (κ1) is 39.2. The number of allylic oxidation sites excluding steroid dienone is 2. The van der Waals surface area contributed by atoms with Crippen LogP contribution in [-0.4, -0.2) is 32.0 Å². The van der Waals surface area contributed by atoms with Gasteiger partial charge < -0.3 is 9.47 Å². The normalized spacial score (nSPS) is 24.7. The third-order valence-electron chi connectivity index (χ3n) is 11.1. The first-order valence-electron chi connectivity index (χ1n) is 19.2. The largest absolute Gasteiger partial charge is 0.386 e. The van der Waals surface area contributed by atoms with Gasteiger partial charge in [-0.15, -0.1) is 0 Å². The summed E-state index contributed by atoms with van der Waals surface area (Å²) < 4.78 is 11.1. The molecule has 1 saturated heterocycles. The summed E-state index contributed by atoms with van der Waals surface area (Å²) in [7, 11) is -1.44. The molecular formula is C40H64O6Si. The van der Waals surface area contributed by atoms with Gasteiger partial charge >= 0.3 is 23.9 Å². The number of carbonyl (C=O) groups excluding carboxylic acids is 4. The van der Waals surface area contributed by atoms with E-state index < -0.39 is 37.4 Å². The maximum Gasteiger partial charge on any atom is 0.342 e. The molecule has 3 rings (SSSR count). The molecule has 6 nitrogen and oxygen atoms in total. The molecule has 0 aromatic rings. The molecule has 0 N–H and O–H groups in total. The molecule has 0 bridgehead atoms. The molecule has 47 heavy (non-hydrogen) atoms. The Morgan fingerprint density at radius 1 is 0.638 bits per heavy atom. The zero-order chi connectivity index (χ0) is 34.1. The van der Waals surface area contributed by atoms with E-state index >= 15 is 0 Å². The molecule has 264 valence electrons. The fourth-order valence-electron chi connectivity index (χ4n) is 7.61. The van der Waals surface area contributed by atoms with E-state index in [1.165, 1.54) is 44.6 Å². The Labute approximate surface area is 286 Å². The van der Waals surface area contributed by atoms with Crippen LogP contribution in [0, 0.1) is 11.3 Å². The van der Waals surface area contributed by atoms with E-state index in [-0.39, 0.29) is 11.5 Å². The maximum absolute atomic E-state index is 14.1. The Bertz CT molecular complexity index is 1130. The highest BCUT2D eigenvalue weighted by Gasteiger charge is 2.47. The van der Waals surface area contributed by atoms with Gasteiger partial charge in [0.05, 0.1) is 5.57 Å². The van der Waals surface area contributed by atoms with Gasteiger partial charge in [-0.25, -0.2) is 19.2 Å². The number of hydrogen-bond donors (Lipinski definition) is 0. The highest BCUT2D eigenvalue weighted by Crippen LogP contribution is 2.51. The lowest BCUT2D eigenvalue weighted by Gasteiger charge is -2.46. The van der Waals surface area contributed by atoms with Crippen molar-refractivity contribution in [2.75, 3.05) is 0 Å². The van der Waals surface area contributed by atoms with E-state index in [4.69, 9.17) is 9.47 Å². The zero-order valence-electron chi connectivity index (χ0n) is 30.2. The van der Waals surface area contributed by atoms with Gasteiger partial charge in [-0.3, -0.25) is 0 Å². The predicted octanol–water partition coefficient (Wildman–Crippen LogP) is 10.9. The molecule has 0 aromatic carbocycles. The summed E-state index contributed by atoms with van der Waals surface area (Å²) in [6.07, 6.45) is 27.2. The third-order valence-corrected chi connectivity index (χ3v) is 14.3. The van der Waals surface area contributed by atoms with Crippen LogP contribution in [0.15, 0.2) is 34.9 Å². The molecule has 0 amide bonds. The second-order valence-corrected chi connectivity index (χ2v) is 20.9. The Morgan fingerprint density at radius 2 is 1.04 bits per heavy atom. The summed E-state index contributed by atoms with van der Waals surface area (Å²) in [5.74, 6) is -2.83. The Hall–Kier alpha value is -2.28. The minimum atomic E-state index is -1.44. The molecular weight excluding hydrogens is 605 g/mol. The van der Waals surface area contributed by atoms with Gasteiger partial charge in [-0.05, 0) is 70.1 Å². The van der Waals surface area contributed by atoms with Crippen LogP contribution in [0.3, 0.4) is 0 Å². The summed E-state index contributed by atoms with van der Waals surface area (Å²) in [4.78, 5) is 54.3. The molecule has 0 atom stereocenters. The number of carbonyl (C=O) groups is 4. The van der Waals surface area contributed by atoms with Gasteiger partial charge in [0.1, 0.15) is 0 Å². The second-order valence-electron chi connectivity index (χ2n) is 15.6. The lowest BCUT2D eigenvalue weighted by molar-refractivity contribution is -0.157. The number of ether oxygens (including phenoxy) is 2. The molecule has 7 heteroatoms. The molecule has 3 aliphatic rings. The zero-order valence-corrected chi connectivity index (χ0v) is 31.2. The minimum absolute atomic E-state index is 0.0274. The van der Waals surface area contributed by atoms with Crippen LogP contribution in [0.5, 0.6) is 0 Å². The Balaban J connectivity index is 1.85. The van der Waals surface area contributed by atoms with E-state index in [1.54, 1.807) is 0 Å². The van der Waals surface area contributed by atoms with Crippen LogP contribution in [0.25, 0.3) is 0 Å². The van der Waals surface area contributed by atoms with Crippen molar-refractivity contribution in [2.24, 2.45) is 11.3 Å². The van der Waals surface area contributed by atoms with Crippen LogP contribution in [0.4, 0.5) is 0 Å². The van der Waals surface area contributed by atoms with Gasteiger partial charge in [-0.2, -0.15) is 0 Å². The molecule has 0 aromatic heterocycles. The fraction of sp³-hybridized carbons (Fsp3) is 0.750. The first-order valence-corrected chi connectivity index (χ1v) is 22.6. The summed E-state index contributed by atoms with van der Waals surface area (Å²) in [5, 5.41) is 0. The Kier molecular flexibility index (Phi) is 16.9. The van der Waals surface area contributed by atoms with Crippen LogP contribution >= 0.6 is 0 Å². The molecule has 2 aliphatic carbocycles. The van der Waals surface area contributed by atoms with Crippen LogP contribution in [0.1, 0.15) is 155 Å². The average molecular weight is 669 g/mol. The Morgan fingerprint density at radius 3 is 1.49 bits per heavy atom. The molecule has 1 heterocycles. The van der Waals surface area contributed by atoms with Crippen molar-refractivity contribution in [2.45, 2.75) is 180 Å². The van der Waals surface area contributed by atoms with Crippen molar-refractivity contribution in [3.63, 3.8) is 0 Å². The van der Waals surface area contributed by atoms with Gasteiger partial charge in [0.2, 0.25) is 0 Å². The van der Waals surface area contributed by atoms with E-state index in [2.05, 4.69) is 26.9 Å². The van der Waals surface area contributed by atoms with Crippen molar-refractivity contribution in [1.82, 2.24) is 0 Å². The van der Waals surface area contributed by atoms with Crippen LogP contribution in [-0.2, 0) is 28.7 Å². The van der Waals surface area contributed by atoms with Gasteiger partial charge in [0.25, 0.3) is 0 Å². The van der Waals surface area contributed by atoms with Crippen LogP contribution < -0.4 is 0 Å². The quantitative estimate of drug-likeness (QED) is 0.121. The molecule has 0 unspecified atom stereocenters. The average Bonchev–Trinajstić information content (AvgIpc) is 3.00. The summed E-state index contributed by atoms with van der Waals surface area (Å²) >= 11 is 0. The molecule has 1 aliphatic heterocycles. The van der Waals surface area contributed by atoms with E-state index in [9.17, 15) is 19.2 Å². The van der Waals surface area contributed by atoms with Gasteiger partial charge in [-0.1, -0.05) is 128 Å². The number of rotatable bonds is 6. The molecule has 1 fully saturated rings. The van der Waals surface area contributed by atoms with Crippen molar-refractivity contribution >= 4 is 32.0 Å². The highest BCUT2D eigenvalue weighted by atomic mass is 28.3.